The van der Waals surface area contributed by atoms with Crippen LogP contribution in [0, 0.1) is 0 Å². The Hall–Kier alpha value is -1.98. The van der Waals surface area contributed by atoms with E-state index in [4.69, 9.17) is 4.74 Å². The van der Waals surface area contributed by atoms with Gasteiger partial charge in [0.15, 0.2) is 5.78 Å². The van der Waals surface area contributed by atoms with Crippen LogP contribution in [0.3, 0.4) is 0 Å². The summed E-state index contributed by atoms with van der Waals surface area (Å²) in [6.45, 7) is 0.279. The van der Waals surface area contributed by atoms with E-state index in [9.17, 15) is 14.7 Å². The van der Waals surface area contributed by atoms with E-state index >= 15 is 0 Å². The van der Waals surface area contributed by atoms with Crippen molar-refractivity contribution in [3.8, 4) is 0 Å². The predicted octanol–water partition coefficient (Wildman–Crippen LogP) is 0.330. The number of ketones is 1. The summed E-state index contributed by atoms with van der Waals surface area (Å²) in [5.41, 5.74) is 0.196. The fourth-order valence-electron chi connectivity index (χ4n) is 2.63. The molecule has 5 nitrogen and oxygen atoms in total. The van der Waals surface area contributed by atoms with Gasteiger partial charge in [-0.1, -0.05) is 36.4 Å². The van der Waals surface area contributed by atoms with Crippen LogP contribution < -0.4 is 5.32 Å². The van der Waals surface area contributed by atoms with Crippen LogP contribution in [-0.4, -0.2) is 34.5 Å². The Balaban J connectivity index is 1.76. The van der Waals surface area contributed by atoms with Gasteiger partial charge in [0.1, 0.15) is 12.2 Å². The summed E-state index contributed by atoms with van der Waals surface area (Å²) in [7, 11) is 0. The van der Waals surface area contributed by atoms with Gasteiger partial charge in [0, 0.05) is 0 Å². The molecule has 3 atom stereocenters. The van der Waals surface area contributed by atoms with Crippen LogP contribution in [0.1, 0.15) is 12.0 Å². The van der Waals surface area contributed by atoms with Gasteiger partial charge in [-0.2, -0.15) is 0 Å². The van der Waals surface area contributed by atoms with E-state index in [2.05, 4.69) is 5.32 Å². The monoisotopic (exact) mass is 273 g/mol. The van der Waals surface area contributed by atoms with Crippen molar-refractivity contribution < 1.29 is 19.4 Å². The highest BCUT2D eigenvalue weighted by Crippen LogP contribution is 2.33. The molecule has 1 heterocycles. The van der Waals surface area contributed by atoms with Gasteiger partial charge in [0.25, 0.3) is 0 Å². The zero-order valence-corrected chi connectivity index (χ0v) is 10.8. The number of benzene rings is 1. The number of carbonyl (C=O) groups is 2. The van der Waals surface area contributed by atoms with Crippen molar-refractivity contribution in [2.24, 2.45) is 0 Å². The highest BCUT2D eigenvalue weighted by Gasteiger charge is 2.54. The summed E-state index contributed by atoms with van der Waals surface area (Å²) in [6.07, 6.45) is 1.17. The van der Waals surface area contributed by atoms with E-state index < -0.39 is 23.5 Å². The first-order valence-electron chi connectivity index (χ1n) is 6.48. The first kappa shape index (κ1) is 13.0. The molecular weight excluding hydrogens is 258 g/mol. The van der Waals surface area contributed by atoms with Gasteiger partial charge in [0.05, 0.1) is 18.6 Å². The normalized spacial score (nSPS) is 32.0. The van der Waals surface area contributed by atoms with Crippen LogP contribution in [0.4, 0.5) is 0 Å². The summed E-state index contributed by atoms with van der Waals surface area (Å²) in [5, 5.41) is 12.8. The van der Waals surface area contributed by atoms with Crippen LogP contribution in [0.5, 0.6) is 0 Å². The molecule has 2 N–H and O–H groups in total. The summed E-state index contributed by atoms with van der Waals surface area (Å²) < 4.78 is 5.72. The first-order valence-corrected chi connectivity index (χ1v) is 6.48. The summed E-state index contributed by atoms with van der Waals surface area (Å²) in [4.78, 5) is 22.8. The van der Waals surface area contributed by atoms with E-state index in [1.807, 2.05) is 30.3 Å². The molecule has 3 rings (SSSR count). The van der Waals surface area contributed by atoms with Crippen molar-refractivity contribution in [3.63, 3.8) is 0 Å². The molecule has 0 saturated carbocycles. The molecule has 1 aromatic carbocycles. The molecule has 1 spiro atoms. The average molecular weight is 273 g/mol. The van der Waals surface area contributed by atoms with Crippen molar-refractivity contribution in [3.05, 3.63) is 48.0 Å². The maximum absolute atomic E-state index is 11.6. The van der Waals surface area contributed by atoms with Crippen molar-refractivity contribution in [1.82, 2.24) is 5.32 Å². The van der Waals surface area contributed by atoms with E-state index in [1.165, 1.54) is 6.08 Å². The minimum absolute atomic E-state index is 0.107. The van der Waals surface area contributed by atoms with Gasteiger partial charge in [-0.15, -0.1) is 0 Å². The van der Waals surface area contributed by atoms with Crippen molar-refractivity contribution >= 4 is 11.7 Å². The first-order chi connectivity index (χ1) is 9.61. The Kier molecular flexibility index (Phi) is 3.16. The summed E-state index contributed by atoms with van der Waals surface area (Å²) in [5.74, 6) is -0.501. The molecule has 20 heavy (non-hydrogen) atoms. The zero-order chi connectivity index (χ0) is 14.2. The largest absolute Gasteiger partial charge is 0.382 e. The smallest absolute Gasteiger partial charge is 0.223 e. The second-order valence-electron chi connectivity index (χ2n) is 5.16. The number of hydrogen-bond acceptors (Lipinski definition) is 4. The van der Waals surface area contributed by atoms with Gasteiger partial charge in [-0.05, 0) is 11.6 Å². The quantitative estimate of drug-likeness (QED) is 0.778. The second kappa shape index (κ2) is 4.85. The Labute approximate surface area is 116 Å². The fourth-order valence-corrected chi connectivity index (χ4v) is 2.63. The third kappa shape index (κ3) is 2.15. The molecule has 104 valence electrons. The average Bonchev–Trinajstić information content (AvgIpc) is 2.42. The fraction of sp³-hybridized carbons (Fsp3) is 0.333. The highest BCUT2D eigenvalue weighted by atomic mass is 16.5. The van der Waals surface area contributed by atoms with E-state index in [-0.39, 0.29) is 18.9 Å². The third-order valence-electron chi connectivity index (χ3n) is 3.73. The lowest BCUT2D eigenvalue weighted by atomic mass is 9.74. The summed E-state index contributed by atoms with van der Waals surface area (Å²) in [6, 6.07) is 9.49. The number of aliphatic hydroxyl groups excluding tert-OH is 1. The number of amides is 1. The van der Waals surface area contributed by atoms with E-state index in [0.717, 1.165) is 5.56 Å². The summed E-state index contributed by atoms with van der Waals surface area (Å²) >= 11 is 0. The molecule has 1 aliphatic heterocycles. The Morgan fingerprint density at radius 3 is 2.65 bits per heavy atom. The number of hydrogen-bond donors (Lipinski definition) is 2. The molecule has 1 amide bonds. The minimum atomic E-state index is -1.25. The highest BCUT2D eigenvalue weighted by molar-refractivity contribution is 5.97. The lowest BCUT2D eigenvalue weighted by Crippen LogP contribution is -2.71. The van der Waals surface area contributed by atoms with Crippen molar-refractivity contribution in [2.45, 2.75) is 30.8 Å². The topological polar surface area (TPSA) is 75.6 Å². The minimum Gasteiger partial charge on any atom is -0.382 e. The third-order valence-corrected chi connectivity index (χ3v) is 3.73. The SMILES string of the molecule is O=C1CC2(C=CC(=O)[C@@H](O)[C@H]2OCc2ccccc2)N1. The van der Waals surface area contributed by atoms with Crippen LogP contribution in [-0.2, 0) is 20.9 Å². The lowest BCUT2D eigenvalue weighted by Gasteiger charge is -2.48. The van der Waals surface area contributed by atoms with Gasteiger partial charge < -0.3 is 15.2 Å². The second-order valence-corrected chi connectivity index (χ2v) is 5.16. The Morgan fingerprint density at radius 1 is 1.30 bits per heavy atom. The molecule has 1 unspecified atom stereocenters. The van der Waals surface area contributed by atoms with Crippen LogP contribution in [0.2, 0.25) is 0 Å². The molecule has 5 heteroatoms. The van der Waals surface area contributed by atoms with Crippen LogP contribution >= 0.6 is 0 Å². The molecule has 1 aliphatic carbocycles. The standard InChI is InChI=1S/C15H15NO4/c17-11-6-7-15(8-12(18)16-15)14(13(11)19)20-9-10-4-2-1-3-5-10/h1-7,13-14,19H,8-9H2,(H,16,18)/t13-,14-,15?/m1/s1. The van der Waals surface area contributed by atoms with E-state index in [0.29, 0.717) is 0 Å². The number of aliphatic hydroxyl groups is 1. The number of β-lactam (4-membered cyclic amide) rings is 1. The predicted molar refractivity (Wildman–Crippen MR) is 70.7 cm³/mol. The number of carbonyl (C=O) groups excluding carboxylic acids is 2. The maximum Gasteiger partial charge on any atom is 0.223 e. The lowest BCUT2D eigenvalue weighted by molar-refractivity contribution is -0.155. The molecule has 1 fully saturated rings. The van der Waals surface area contributed by atoms with Crippen LogP contribution in [0.25, 0.3) is 0 Å². The van der Waals surface area contributed by atoms with Gasteiger partial charge in [0.2, 0.25) is 5.91 Å². The van der Waals surface area contributed by atoms with Crippen LogP contribution in [0.15, 0.2) is 42.5 Å². The van der Waals surface area contributed by atoms with Crippen molar-refractivity contribution in [2.75, 3.05) is 0 Å². The number of rotatable bonds is 3. The van der Waals surface area contributed by atoms with E-state index in [1.54, 1.807) is 6.08 Å². The zero-order valence-electron chi connectivity index (χ0n) is 10.8. The maximum atomic E-state index is 11.6. The molecule has 0 aromatic heterocycles. The molecule has 1 saturated heterocycles. The molecule has 0 bridgehead atoms. The Bertz CT molecular complexity index is 558. The molecule has 0 radical (unpaired) electrons. The van der Waals surface area contributed by atoms with Gasteiger partial charge in [-0.3, -0.25) is 9.59 Å². The van der Waals surface area contributed by atoms with Gasteiger partial charge >= 0.3 is 0 Å². The van der Waals surface area contributed by atoms with Crippen molar-refractivity contribution in [1.29, 1.82) is 0 Å². The molecular formula is C15H15NO4. The Morgan fingerprint density at radius 2 is 2.00 bits per heavy atom. The molecule has 1 aromatic rings. The number of ether oxygens (including phenoxy) is 1. The number of nitrogens with one attached hydrogen (secondary N) is 1. The van der Waals surface area contributed by atoms with Gasteiger partial charge in [-0.25, -0.2) is 0 Å². The molecule has 2 aliphatic rings.